The van der Waals surface area contributed by atoms with Gasteiger partial charge in [0.2, 0.25) is 0 Å². The van der Waals surface area contributed by atoms with Crippen LogP contribution in [-0.4, -0.2) is 59.4 Å². The number of likely N-dealkylation sites (N-methyl/N-ethyl adjacent to an activating group) is 1. The van der Waals surface area contributed by atoms with E-state index in [0.717, 1.165) is 26.1 Å². The Labute approximate surface area is 122 Å². The molecule has 0 amide bonds. The Balaban J connectivity index is 2.06. The molecule has 20 heavy (non-hydrogen) atoms. The molecule has 1 aliphatic rings. The van der Waals surface area contributed by atoms with Crippen molar-refractivity contribution in [2.75, 3.05) is 33.7 Å². The van der Waals surface area contributed by atoms with Crippen molar-refractivity contribution in [3.8, 4) is 0 Å². The standard InChI is InChI=1S/C15H29N5/c1-4-7-20-11-13(10-17-20)15(9-16)19-8-5-6-14(12-19)18(2)3/h10-11,14-15H,4-9,12,16H2,1-3H3. The van der Waals surface area contributed by atoms with E-state index in [0.29, 0.717) is 18.6 Å². The molecule has 1 aromatic heterocycles. The minimum absolute atomic E-state index is 0.309. The van der Waals surface area contributed by atoms with Crippen LogP contribution >= 0.6 is 0 Å². The third-order valence-electron chi connectivity index (χ3n) is 4.31. The van der Waals surface area contributed by atoms with E-state index in [1.165, 1.54) is 18.4 Å². The number of aryl methyl sites for hydroxylation is 1. The average molecular weight is 279 g/mol. The number of rotatable bonds is 6. The van der Waals surface area contributed by atoms with Gasteiger partial charge < -0.3 is 10.6 Å². The lowest BCUT2D eigenvalue weighted by Crippen LogP contribution is -2.47. The van der Waals surface area contributed by atoms with Gasteiger partial charge in [0.05, 0.1) is 12.2 Å². The summed E-state index contributed by atoms with van der Waals surface area (Å²) in [4.78, 5) is 4.86. The second kappa shape index (κ2) is 7.20. The van der Waals surface area contributed by atoms with Crippen molar-refractivity contribution in [1.82, 2.24) is 19.6 Å². The molecule has 5 heteroatoms. The molecule has 1 fully saturated rings. The Morgan fingerprint density at radius 2 is 2.30 bits per heavy atom. The number of hydrogen-bond donors (Lipinski definition) is 1. The van der Waals surface area contributed by atoms with Crippen molar-refractivity contribution in [3.63, 3.8) is 0 Å². The lowest BCUT2D eigenvalue weighted by molar-refractivity contribution is 0.0984. The van der Waals surface area contributed by atoms with Gasteiger partial charge in [0.25, 0.3) is 0 Å². The van der Waals surface area contributed by atoms with E-state index in [4.69, 9.17) is 5.73 Å². The Morgan fingerprint density at radius 1 is 1.50 bits per heavy atom. The maximum atomic E-state index is 6.05. The van der Waals surface area contributed by atoms with Crippen molar-refractivity contribution in [2.24, 2.45) is 5.73 Å². The molecule has 2 atom stereocenters. The molecule has 2 unspecified atom stereocenters. The van der Waals surface area contributed by atoms with Gasteiger partial charge in [0.15, 0.2) is 0 Å². The minimum Gasteiger partial charge on any atom is -0.329 e. The first-order valence-electron chi connectivity index (χ1n) is 7.78. The fourth-order valence-electron chi connectivity index (χ4n) is 3.09. The molecular weight excluding hydrogens is 250 g/mol. The summed E-state index contributed by atoms with van der Waals surface area (Å²) in [5.41, 5.74) is 7.31. The van der Waals surface area contributed by atoms with Crippen LogP contribution in [0, 0.1) is 0 Å². The lowest BCUT2D eigenvalue weighted by atomic mass is 10.0. The molecule has 2 heterocycles. The summed E-state index contributed by atoms with van der Waals surface area (Å²) in [6, 6.07) is 0.951. The maximum Gasteiger partial charge on any atom is 0.0538 e. The van der Waals surface area contributed by atoms with Gasteiger partial charge in [-0.05, 0) is 39.9 Å². The SMILES string of the molecule is CCCn1cc(C(CN)N2CCCC(N(C)C)C2)cn1. The van der Waals surface area contributed by atoms with E-state index in [9.17, 15) is 0 Å². The van der Waals surface area contributed by atoms with Gasteiger partial charge in [-0.3, -0.25) is 9.58 Å². The highest BCUT2D eigenvalue weighted by molar-refractivity contribution is 5.12. The van der Waals surface area contributed by atoms with Crippen molar-refractivity contribution < 1.29 is 0 Å². The molecule has 5 nitrogen and oxygen atoms in total. The third-order valence-corrected chi connectivity index (χ3v) is 4.31. The van der Waals surface area contributed by atoms with Gasteiger partial charge in [-0.15, -0.1) is 0 Å². The van der Waals surface area contributed by atoms with Gasteiger partial charge in [-0.25, -0.2) is 0 Å². The number of aromatic nitrogens is 2. The predicted molar refractivity (Wildman–Crippen MR) is 82.6 cm³/mol. The molecule has 0 aliphatic carbocycles. The fourth-order valence-corrected chi connectivity index (χ4v) is 3.09. The zero-order valence-electron chi connectivity index (χ0n) is 13.1. The second-order valence-corrected chi connectivity index (χ2v) is 6.04. The van der Waals surface area contributed by atoms with Gasteiger partial charge in [-0.1, -0.05) is 6.92 Å². The zero-order valence-corrected chi connectivity index (χ0v) is 13.1. The highest BCUT2D eigenvalue weighted by Gasteiger charge is 2.27. The van der Waals surface area contributed by atoms with Gasteiger partial charge >= 0.3 is 0 Å². The van der Waals surface area contributed by atoms with Gasteiger partial charge in [0.1, 0.15) is 0 Å². The van der Waals surface area contributed by atoms with E-state index < -0.39 is 0 Å². The molecule has 0 spiro atoms. The van der Waals surface area contributed by atoms with Gasteiger partial charge in [0, 0.05) is 37.4 Å². The maximum absolute atomic E-state index is 6.05. The Bertz CT molecular complexity index is 401. The van der Waals surface area contributed by atoms with Crippen molar-refractivity contribution in [2.45, 2.75) is 44.8 Å². The fraction of sp³-hybridized carbons (Fsp3) is 0.800. The summed E-state index contributed by atoms with van der Waals surface area (Å²) in [6.07, 6.45) is 7.81. The van der Waals surface area contributed by atoms with Crippen LogP contribution in [0.15, 0.2) is 12.4 Å². The van der Waals surface area contributed by atoms with E-state index in [-0.39, 0.29) is 0 Å². The summed E-state index contributed by atoms with van der Waals surface area (Å²) in [5, 5.41) is 4.45. The first-order valence-corrected chi connectivity index (χ1v) is 7.78. The molecule has 2 N–H and O–H groups in total. The van der Waals surface area contributed by atoms with Crippen molar-refractivity contribution in [1.29, 1.82) is 0 Å². The number of nitrogens with zero attached hydrogens (tertiary/aromatic N) is 4. The van der Waals surface area contributed by atoms with Crippen LogP contribution < -0.4 is 5.73 Å². The lowest BCUT2D eigenvalue weighted by Gasteiger charge is -2.40. The van der Waals surface area contributed by atoms with Crippen molar-refractivity contribution >= 4 is 0 Å². The summed E-state index contributed by atoms with van der Waals surface area (Å²) in [5.74, 6) is 0. The number of nitrogens with two attached hydrogens (primary N) is 1. The second-order valence-electron chi connectivity index (χ2n) is 6.04. The first-order chi connectivity index (χ1) is 9.65. The highest BCUT2D eigenvalue weighted by Crippen LogP contribution is 2.24. The molecular formula is C15H29N5. The molecule has 114 valence electrons. The molecule has 2 rings (SSSR count). The number of likely N-dealkylation sites (tertiary alicyclic amines) is 1. The zero-order chi connectivity index (χ0) is 14.5. The van der Waals surface area contributed by atoms with Crippen LogP contribution in [0.5, 0.6) is 0 Å². The Morgan fingerprint density at radius 3 is 2.95 bits per heavy atom. The largest absolute Gasteiger partial charge is 0.329 e. The molecule has 0 saturated carbocycles. The summed E-state index contributed by atoms with van der Waals surface area (Å²) < 4.78 is 2.03. The van der Waals surface area contributed by atoms with Gasteiger partial charge in [-0.2, -0.15) is 5.10 Å². The van der Waals surface area contributed by atoms with Crippen LogP contribution in [-0.2, 0) is 6.54 Å². The third kappa shape index (κ3) is 3.59. The summed E-state index contributed by atoms with van der Waals surface area (Å²) >= 11 is 0. The number of hydrogen-bond acceptors (Lipinski definition) is 4. The highest BCUT2D eigenvalue weighted by atomic mass is 15.3. The minimum atomic E-state index is 0.309. The Kier molecular flexibility index (Phi) is 5.57. The van der Waals surface area contributed by atoms with Crippen LogP contribution in [0.25, 0.3) is 0 Å². The molecule has 0 aromatic carbocycles. The predicted octanol–water partition coefficient (Wildman–Crippen LogP) is 1.32. The van der Waals surface area contributed by atoms with Crippen molar-refractivity contribution in [3.05, 3.63) is 18.0 Å². The normalized spacial score (nSPS) is 22.4. The van der Waals surface area contributed by atoms with E-state index in [1.807, 2.05) is 10.9 Å². The molecule has 1 aromatic rings. The first kappa shape index (κ1) is 15.5. The monoisotopic (exact) mass is 279 g/mol. The average Bonchev–Trinajstić information content (AvgIpc) is 2.89. The Hall–Kier alpha value is -0.910. The molecule has 1 aliphatic heterocycles. The summed E-state index contributed by atoms with van der Waals surface area (Å²) in [7, 11) is 4.34. The summed E-state index contributed by atoms with van der Waals surface area (Å²) in [6.45, 7) is 6.07. The van der Waals surface area contributed by atoms with Crippen LogP contribution in [0.4, 0.5) is 0 Å². The molecule has 1 saturated heterocycles. The van der Waals surface area contributed by atoms with Crippen LogP contribution in [0.2, 0.25) is 0 Å². The van der Waals surface area contributed by atoms with Crippen LogP contribution in [0.1, 0.15) is 37.8 Å². The van der Waals surface area contributed by atoms with Crippen LogP contribution in [0.3, 0.4) is 0 Å². The van der Waals surface area contributed by atoms with E-state index >= 15 is 0 Å². The molecule has 0 radical (unpaired) electrons. The topological polar surface area (TPSA) is 50.3 Å². The van der Waals surface area contributed by atoms with E-state index in [2.05, 4.69) is 42.1 Å². The smallest absolute Gasteiger partial charge is 0.0538 e. The van der Waals surface area contributed by atoms with E-state index in [1.54, 1.807) is 0 Å². The quantitative estimate of drug-likeness (QED) is 0.853. The molecule has 0 bridgehead atoms. The number of piperidine rings is 1.